The number of nitrogens with one attached hydrogen (secondary N) is 1. The molecule has 0 aliphatic rings. The lowest BCUT2D eigenvalue weighted by atomic mass is 10.0. The number of carbonyl (C=O) groups is 1. The van der Waals surface area contributed by atoms with Gasteiger partial charge in [0.25, 0.3) is 5.91 Å². The van der Waals surface area contributed by atoms with Crippen molar-refractivity contribution < 1.29 is 13.2 Å². The standard InChI is InChI=1S/C20H25NO3S/c1-4-14-25(23,24)18-13-8-7-12-17(18)20(22)21-19-15(5-2)10-9-11-16(19)6-3/h7-13H,4-6,14H2,1-3H3,(H,21,22). The van der Waals surface area contributed by atoms with Crippen LogP contribution in [0.4, 0.5) is 5.69 Å². The number of anilines is 1. The molecule has 2 rings (SSSR count). The van der Waals surface area contributed by atoms with Crippen LogP contribution < -0.4 is 5.32 Å². The van der Waals surface area contributed by atoms with E-state index in [9.17, 15) is 13.2 Å². The minimum atomic E-state index is -3.47. The topological polar surface area (TPSA) is 63.2 Å². The van der Waals surface area contributed by atoms with Crippen molar-refractivity contribution in [2.24, 2.45) is 0 Å². The minimum Gasteiger partial charge on any atom is -0.321 e. The van der Waals surface area contributed by atoms with Crippen molar-refractivity contribution in [3.8, 4) is 0 Å². The highest BCUT2D eigenvalue weighted by Gasteiger charge is 2.22. The van der Waals surface area contributed by atoms with E-state index in [1.165, 1.54) is 6.07 Å². The van der Waals surface area contributed by atoms with Gasteiger partial charge < -0.3 is 5.32 Å². The Labute approximate surface area is 150 Å². The van der Waals surface area contributed by atoms with Crippen LogP contribution in [-0.2, 0) is 22.7 Å². The zero-order chi connectivity index (χ0) is 18.4. The first-order chi connectivity index (χ1) is 11.9. The molecule has 0 aliphatic carbocycles. The SMILES string of the molecule is CCCS(=O)(=O)c1ccccc1C(=O)Nc1c(CC)cccc1CC. The van der Waals surface area contributed by atoms with Crippen molar-refractivity contribution in [1.82, 2.24) is 0 Å². The van der Waals surface area contributed by atoms with Crippen molar-refractivity contribution in [2.45, 2.75) is 44.9 Å². The molecule has 0 bridgehead atoms. The van der Waals surface area contributed by atoms with Gasteiger partial charge in [-0.3, -0.25) is 4.79 Å². The van der Waals surface area contributed by atoms with Crippen molar-refractivity contribution in [2.75, 3.05) is 11.1 Å². The molecule has 5 heteroatoms. The molecule has 2 aromatic carbocycles. The molecule has 0 saturated carbocycles. The number of hydrogen-bond donors (Lipinski definition) is 1. The number of carbonyl (C=O) groups excluding carboxylic acids is 1. The number of hydrogen-bond acceptors (Lipinski definition) is 3. The third-order valence-electron chi connectivity index (χ3n) is 4.18. The summed E-state index contributed by atoms with van der Waals surface area (Å²) in [5.74, 6) is -0.353. The van der Waals surface area contributed by atoms with Gasteiger partial charge in [0.2, 0.25) is 0 Å². The Balaban J connectivity index is 2.45. The van der Waals surface area contributed by atoms with Gasteiger partial charge >= 0.3 is 0 Å². The highest BCUT2D eigenvalue weighted by atomic mass is 32.2. The first kappa shape index (κ1) is 19.2. The Kier molecular flexibility index (Phi) is 6.37. The monoisotopic (exact) mass is 359 g/mol. The van der Waals surface area contributed by atoms with Gasteiger partial charge in [0, 0.05) is 5.69 Å². The van der Waals surface area contributed by atoms with Crippen LogP contribution in [-0.4, -0.2) is 20.1 Å². The maximum atomic E-state index is 12.8. The van der Waals surface area contributed by atoms with Crippen LogP contribution in [0.3, 0.4) is 0 Å². The summed E-state index contributed by atoms with van der Waals surface area (Å²) in [6.45, 7) is 5.87. The lowest BCUT2D eigenvalue weighted by Gasteiger charge is -2.16. The fraction of sp³-hybridized carbons (Fsp3) is 0.350. The second kappa shape index (κ2) is 8.30. The van der Waals surface area contributed by atoms with E-state index < -0.39 is 9.84 Å². The second-order valence-electron chi connectivity index (χ2n) is 5.93. The average molecular weight is 359 g/mol. The molecule has 1 amide bonds. The Morgan fingerprint density at radius 2 is 1.52 bits per heavy atom. The fourth-order valence-electron chi connectivity index (χ4n) is 2.89. The van der Waals surface area contributed by atoms with Crippen molar-refractivity contribution in [3.05, 3.63) is 59.2 Å². The fourth-order valence-corrected chi connectivity index (χ4v) is 4.43. The van der Waals surface area contributed by atoms with E-state index >= 15 is 0 Å². The zero-order valence-corrected chi connectivity index (χ0v) is 15.8. The number of rotatable bonds is 7. The number of aryl methyl sites for hydroxylation is 2. The lowest BCUT2D eigenvalue weighted by Crippen LogP contribution is -2.19. The predicted molar refractivity (Wildman–Crippen MR) is 102 cm³/mol. The summed E-state index contributed by atoms with van der Waals surface area (Å²) in [5, 5.41) is 2.95. The molecule has 0 spiro atoms. The second-order valence-corrected chi connectivity index (χ2v) is 8.01. The molecule has 0 saturated heterocycles. The Morgan fingerprint density at radius 3 is 2.08 bits per heavy atom. The number of sulfone groups is 1. The van der Waals surface area contributed by atoms with Gasteiger partial charge in [0.15, 0.2) is 9.84 Å². The molecule has 1 N–H and O–H groups in total. The lowest BCUT2D eigenvalue weighted by molar-refractivity contribution is 0.102. The molecule has 0 unspecified atom stereocenters. The quantitative estimate of drug-likeness (QED) is 0.804. The van der Waals surface area contributed by atoms with Gasteiger partial charge in [-0.25, -0.2) is 8.42 Å². The van der Waals surface area contributed by atoms with Gasteiger partial charge in [-0.2, -0.15) is 0 Å². The number of amides is 1. The van der Waals surface area contributed by atoms with Crippen LogP contribution in [0.15, 0.2) is 47.4 Å². The molecule has 0 atom stereocenters. The van der Waals surface area contributed by atoms with Crippen LogP contribution in [0, 0.1) is 0 Å². The molecule has 4 nitrogen and oxygen atoms in total. The minimum absolute atomic E-state index is 0.0308. The number of benzene rings is 2. The van der Waals surface area contributed by atoms with Gasteiger partial charge in [-0.05, 0) is 42.5 Å². The van der Waals surface area contributed by atoms with E-state index in [-0.39, 0.29) is 22.1 Å². The van der Waals surface area contributed by atoms with E-state index in [4.69, 9.17) is 0 Å². The largest absolute Gasteiger partial charge is 0.321 e. The summed E-state index contributed by atoms with van der Waals surface area (Å²) in [4.78, 5) is 12.9. The molecule has 25 heavy (non-hydrogen) atoms. The van der Waals surface area contributed by atoms with Crippen LogP contribution >= 0.6 is 0 Å². The highest BCUT2D eigenvalue weighted by molar-refractivity contribution is 7.91. The average Bonchev–Trinajstić information content (AvgIpc) is 2.61. The van der Waals surface area contributed by atoms with Gasteiger partial charge in [-0.1, -0.05) is 51.1 Å². The van der Waals surface area contributed by atoms with E-state index in [0.29, 0.717) is 6.42 Å². The highest BCUT2D eigenvalue weighted by Crippen LogP contribution is 2.25. The maximum absolute atomic E-state index is 12.8. The molecular weight excluding hydrogens is 334 g/mol. The first-order valence-corrected chi connectivity index (χ1v) is 10.3. The Hall–Kier alpha value is -2.14. The molecule has 0 aliphatic heterocycles. The van der Waals surface area contributed by atoms with Gasteiger partial charge in [0.05, 0.1) is 16.2 Å². The molecule has 0 heterocycles. The van der Waals surface area contributed by atoms with E-state index in [0.717, 1.165) is 29.7 Å². The van der Waals surface area contributed by atoms with Crippen LogP contribution in [0.5, 0.6) is 0 Å². The Bertz CT molecular complexity index is 835. The van der Waals surface area contributed by atoms with Crippen LogP contribution in [0.2, 0.25) is 0 Å². The molecular formula is C20H25NO3S. The van der Waals surface area contributed by atoms with E-state index in [1.807, 2.05) is 39.0 Å². The Morgan fingerprint density at radius 1 is 0.920 bits per heavy atom. The summed E-state index contributed by atoms with van der Waals surface area (Å²) in [7, 11) is -3.47. The van der Waals surface area contributed by atoms with Crippen molar-refractivity contribution >= 4 is 21.4 Å². The maximum Gasteiger partial charge on any atom is 0.257 e. The van der Waals surface area contributed by atoms with Crippen LogP contribution in [0.1, 0.15) is 48.7 Å². The summed E-state index contributed by atoms with van der Waals surface area (Å²) in [6.07, 6.45) is 2.09. The summed E-state index contributed by atoms with van der Waals surface area (Å²) >= 11 is 0. The third-order valence-corrected chi connectivity index (χ3v) is 6.15. The first-order valence-electron chi connectivity index (χ1n) is 8.68. The predicted octanol–water partition coefficient (Wildman–Crippen LogP) is 4.25. The molecule has 2 aromatic rings. The number of para-hydroxylation sites is 1. The molecule has 134 valence electrons. The smallest absolute Gasteiger partial charge is 0.257 e. The molecule has 0 fully saturated rings. The van der Waals surface area contributed by atoms with E-state index in [1.54, 1.807) is 18.2 Å². The molecule has 0 aromatic heterocycles. The van der Waals surface area contributed by atoms with Crippen molar-refractivity contribution in [1.29, 1.82) is 0 Å². The summed E-state index contributed by atoms with van der Waals surface area (Å²) in [5.41, 5.74) is 3.08. The third kappa shape index (κ3) is 4.28. The summed E-state index contributed by atoms with van der Waals surface area (Å²) in [6, 6.07) is 12.4. The van der Waals surface area contributed by atoms with Crippen molar-refractivity contribution in [3.63, 3.8) is 0 Å². The molecule has 0 radical (unpaired) electrons. The van der Waals surface area contributed by atoms with E-state index in [2.05, 4.69) is 5.32 Å². The van der Waals surface area contributed by atoms with Crippen LogP contribution in [0.25, 0.3) is 0 Å². The summed E-state index contributed by atoms with van der Waals surface area (Å²) < 4.78 is 25.0. The zero-order valence-electron chi connectivity index (χ0n) is 15.0. The van der Waals surface area contributed by atoms with Gasteiger partial charge in [0.1, 0.15) is 0 Å². The normalized spacial score (nSPS) is 11.3. The van der Waals surface area contributed by atoms with Gasteiger partial charge in [-0.15, -0.1) is 0 Å².